The number of aliphatic hydroxyl groups excluding tert-OH is 3. The number of rotatable bonds is 2. The topological polar surface area (TPSA) is 144 Å². The Kier molecular flexibility index (Phi) is 3.18. The first-order valence-corrected chi connectivity index (χ1v) is 6.60. The largest absolute Gasteiger partial charge is 0.394 e. The molecule has 1 saturated heterocycles. The van der Waals surface area contributed by atoms with Gasteiger partial charge < -0.3 is 25.8 Å². The van der Waals surface area contributed by atoms with Crippen molar-refractivity contribution < 1.29 is 20.1 Å². The molecular weight excluding hydrogens is 288 g/mol. The first kappa shape index (κ1) is 13.4. The van der Waals surface area contributed by atoms with E-state index in [1.54, 1.807) is 0 Å². The van der Waals surface area contributed by atoms with Crippen molar-refractivity contribution >= 4 is 27.6 Å². The van der Waals surface area contributed by atoms with Crippen LogP contribution in [0.15, 0.2) is 11.0 Å². The first-order valence-electron chi connectivity index (χ1n) is 5.79. The van der Waals surface area contributed by atoms with Gasteiger partial charge in [-0.05, 0) is 0 Å². The lowest BCUT2D eigenvalue weighted by Gasteiger charge is -2.15. The highest BCUT2D eigenvalue weighted by atomic mass is 32.1. The highest BCUT2D eigenvalue weighted by Crippen LogP contribution is 2.31. The maximum atomic E-state index is 12.0. The lowest BCUT2D eigenvalue weighted by Crippen LogP contribution is -2.34. The molecule has 0 aliphatic carbocycles. The second-order valence-corrected chi connectivity index (χ2v) is 5.38. The van der Waals surface area contributed by atoms with Crippen LogP contribution in [0.3, 0.4) is 0 Å². The molecule has 1 unspecified atom stereocenters. The van der Waals surface area contributed by atoms with Crippen molar-refractivity contribution in [3.8, 4) is 0 Å². The van der Waals surface area contributed by atoms with Crippen LogP contribution in [0.1, 0.15) is 6.23 Å². The van der Waals surface area contributed by atoms with Crippen LogP contribution in [-0.4, -0.2) is 54.8 Å². The zero-order valence-electron chi connectivity index (χ0n) is 10.1. The maximum absolute atomic E-state index is 12.0. The normalized spacial score (nSPS) is 30.1. The van der Waals surface area contributed by atoms with E-state index < -0.39 is 36.0 Å². The number of nitrogen functional groups attached to an aromatic ring is 1. The van der Waals surface area contributed by atoms with Gasteiger partial charge in [0.05, 0.1) is 17.5 Å². The number of ether oxygens (including phenoxy) is 1. The van der Waals surface area contributed by atoms with E-state index in [9.17, 15) is 15.0 Å². The number of nitrogens with zero attached hydrogens (tertiary/aromatic N) is 3. The zero-order valence-corrected chi connectivity index (χ0v) is 10.9. The summed E-state index contributed by atoms with van der Waals surface area (Å²) < 4.78 is 6.93. The van der Waals surface area contributed by atoms with Gasteiger partial charge in [-0.2, -0.15) is 4.98 Å². The van der Waals surface area contributed by atoms with Gasteiger partial charge in [0.25, 0.3) is 0 Å². The molecule has 10 heteroatoms. The Hall–Kier alpha value is -1.59. The SMILES string of the molecule is Nc1ncc2sc(=O)n([C@@H]3OC(CO)[C@@H](O)[C@H]3O)c2n1. The first-order chi connectivity index (χ1) is 9.52. The van der Waals surface area contributed by atoms with Gasteiger partial charge in [-0.1, -0.05) is 11.3 Å². The van der Waals surface area contributed by atoms with Crippen molar-refractivity contribution in [2.45, 2.75) is 24.5 Å². The van der Waals surface area contributed by atoms with E-state index in [1.807, 2.05) is 0 Å². The van der Waals surface area contributed by atoms with E-state index in [0.29, 0.717) is 4.70 Å². The number of aromatic nitrogens is 3. The van der Waals surface area contributed by atoms with Crippen LogP contribution < -0.4 is 10.6 Å². The third kappa shape index (κ3) is 1.89. The van der Waals surface area contributed by atoms with Gasteiger partial charge in [-0.3, -0.25) is 9.36 Å². The number of hydrogen-bond donors (Lipinski definition) is 4. The minimum absolute atomic E-state index is 0.0178. The van der Waals surface area contributed by atoms with Crippen molar-refractivity contribution in [1.82, 2.24) is 14.5 Å². The monoisotopic (exact) mass is 300 g/mol. The van der Waals surface area contributed by atoms with Gasteiger partial charge in [-0.15, -0.1) is 0 Å². The van der Waals surface area contributed by atoms with Crippen LogP contribution in [0.2, 0.25) is 0 Å². The molecule has 4 atom stereocenters. The molecule has 3 rings (SSSR count). The quantitative estimate of drug-likeness (QED) is 0.501. The smallest absolute Gasteiger partial charge is 0.311 e. The van der Waals surface area contributed by atoms with Gasteiger partial charge in [0.15, 0.2) is 11.9 Å². The molecule has 20 heavy (non-hydrogen) atoms. The summed E-state index contributed by atoms with van der Waals surface area (Å²) in [6.45, 7) is -0.470. The second kappa shape index (κ2) is 4.75. The molecule has 2 aromatic heterocycles. The van der Waals surface area contributed by atoms with Gasteiger partial charge in [0.1, 0.15) is 18.3 Å². The summed E-state index contributed by atoms with van der Waals surface area (Å²) in [5.41, 5.74) is 5.71. The van der Waals surface area contributed by atoms with E-state index in [4.69, 9.17) is 15.6 Å². The van der Waals surface area contributed by atoms with Crippen molar-refractivity contribution in [2.75, 3.05) is 12.3 Å². The number of anilines is 1. The Labute approximate surface area is 115 Å². The van der Waals surface area contributed by atoms with Crippen molar-refractivity contribution in [3.05, 3.63) is 15.9 Å². The molecule has 1 aliphatic heterocycles. The van der Waals surface area contributed by atoms with Gasteiger partial charge in [-0.25, -0.2) is 4.98 Å². The number of fused-ring (bicyclic) bond motifs is 1. The Morgan fingerprint density at radius 3 is 2.85 bits per heavy atom. The fourth-order valence-electron chi connectivity index (χ4n) is 2.17. The van der Waals surface area contributed by atoms with Crippen LogP contribution in [0, 0.1) is 0 Å². The summed E-state index contributed by atoms with van der Waals surface area (Å²) in [6.07, 6.45) is -3.32. The zero-order chi connectivity index (χ0) is 14.4. The fourth-order valence-corrected chi connectivity index (χ4v) is 2.98. The number of nitrogens with two attached hydrogens (primary N) is 1. The van der Waals surface area contributed by atoms with Crippen molar-refractivity contribution in [2.24, 2.45) is 0 Å². The summed E-state index contributed by atoms with van der Waals surface area (Å²) in [4.78, 5) is 19.3. The number of hydrogen-bond acceptors (Lipinski definition) is 9. The van der Waals surface area contributed by atoms with Gasteiger partial charge >= 0.3 is 4.87 Å². The van der Waals surface area contributed by atoms with E-state index in [2.05, 4.69) is 9.97 Å². The fraction of sp³-hybridized carbons (Fsp3) is 0.500. The standard InChI is InChI=1S/C10H12N4O5S/c11-9-12-1-4-7(13-9)14(10(18)20-4)8-6(17)5(16)3(2-15)19-8/h1,3,5-6,8,15-17H,2H2,(H2,11,12,13)/t3?,5-,6-,8-/m1/s1. The highest BCUT2D eigenvalue weighted by molar-refractivity contribution is 7.16. The van der Waals surface area contributed by atoms with E-state index in [-0.39, 0.29) is 11.6 Å². The minimum atomic E-state index is -1.35. The Morgan fingerprint density at radius 2 is 2.20 bits per heavy atom. The van der Waals surface area contributed by atoms with Gasteiger partial charge in [0, 0.05) is 0 Å². The lowest BCUT2D eigenvalue weighted by molar-refractivity contribution is -0.0518. The molecule has 0 aromatic carbocycles. The summed E-state index contributed by atoms with van der Waals surface area (Å²) in [6, 6.07) is 0. The molecule has 0 bridgehead atoms. The molecule has 2 aromatic rings. The summed E-state index contributed by atoms with van der Waals surface area (Å²) in [5.74, 6) is -0.0178. The van der Waals surface area contributed by atoms with Crippen molar-refractivity contribution in [1.29, 1.82) is 0 Å². The van der Waals surface area contributed by atoms with Crippen molar-refractivity contribution in [3.63, 3.8) is 0 Å². The summed E-state index contributed by atoms with van der Waals surface area (Å²) >= 11 is 0.878. The van der Waals surface area contributed by atoms with Crippen LogP contribution in [0.25, 0.3) is 10.3 Å². The predicted octanol–water partition coefficient (Wildman–Crippen LogP) is -1.95. The van der Waals surface area contributed by atoms with Crippen LogP contribution in [-0.2, 0) is 4.74 Å². The number of aliphatic hydroxyl groups is 3. The molecular formula is C10H12N4O5S. The summed E-state index contributed by atoms with van der Waals surface area (Å²) in [5, 5.41) is 28.8. The van der Waals surface area contributed by atoms with Crippen LogP contribution >= 0.6 is 11.3 Å². The molecule has 0 spiro atoms. The molecule has 0 radical (unpaired) electrons. The lowest BCUT2D eigenvalue weighted by atomic mass is 10.1. The Balaban J connectivity index is 2.13. The minimum Gasteiger partial charge on any atom is -0.394 e. The molecule has 1 aliphatic rings. The van der Waals surface area contributed by atoms with Crippen LogP contribution in [0.5, 0.6) is 0 Å². The third-order valence-corrected chi connectivity index (χ3v) is 4.03. The Bertz CT molecular complexity index is 701. The molecule has 108 valence electrons. The Morgan fingerprint density at radius 1 is 1.45 bits per heavy atom. The van der Waals surface area contributed by atoms with Crippen LogP contribution in [0.4, 0.5) is 5.95 Å². The predicted molar refractivity (Wildman–Crippen MR) is 69.1 cm³/mol. The van der Waals surface area contributed by atoms with E-state index in [0.717, 1.165) is 15.9 Å². The van der Waals surface area contributed by atoms with E-state index >= 15 is 0 Å². The molecule has 9 nitrogen and oxygen atoms in total. The number of thiazole rings is 1. The molecule has 5 N–H and O–H groups in total. The molecule has 3 heterocycles. The summed E-state index contributed by atoms with van der Waals surface area (Å²) in [7, 11) is 0. The third-order valence-electron chi connectivity index (χ3n) is 3.15. The second-order valence-electron chi connectivity index (χ2n) is 4.38. The molecule has 0 amide bonds. The average Bonchev–Trinajstić information content (AvgIpc) is 2.88. The molecule has 0 saturated carbocycles. The maximum Gasteiger partial charge on any atom is 0.311 e. The molecule has 1 fully saturated rings. The van der Waals surface area contributed by atoms with Gasteiger partial charge in [0.2, 0.25) is 5.95 Å². The average molecular weight is 300 g/mol. The highest BCUT2D eigenvalue weighted by Gasteiger charge is 2.44. The van der Waals surface area contributed by atoms with E-state index in [1.165, 1.54) is 6.20 Å².